The van der Waals surface area contributed by atoms with E-state index in [-0.39, 0.29) is 34.3 Å². The molecule has 2 saturated heterocycles. The summed E-state index contributed by atoms with van der Waals surface area (Å²) in [5.41, 5.74) is 0.969. The van der Waals surface area contributed by atoms with Crippen molar-refractivity contribution in [1.29, 1.82) is 0 Å². The lowest BCUT2D eigenvalue weighted by Gasteiger charge is -2.44. The van der Waals surface area contributed by atoms with Gasteiger partial charge in [-0.2, -0.15) is 0 Å². The van der Waals surface area contributed by atoms with Gasteiger partial charge in [0.1, 0.15) is 30.2 Å². The van der Waals surface area contributed by atoms with E-state index in [1.165, 1.54) is 10.4 Å². The molecule has 10 nitrogen and oxygen atoms in total. The fourth-order valence-corrected chi connectivity index (χ4v) is 15.7. The molecule has 0 amide bonds. The van der Waals surface area contributed by atoms with Crippen molar-refractivity contribution in [2.45, 2.75) is 180 Å². The topological polar surface area (TPSA) is 111 Å². The molecule has 382 valence electrons. The van der Waals surface area contributed by atoms with Crippen molar-refractivity contribution in [3.8, 4) is 5.75 Å². The van der Waals surface area contributed by atoms with E-state index in [2.05, 4.69) is 137 Å². The largest absolute Gasteiger partial charge is 0.497 e. The average Bonchev–Trinajstić information content (AvgIpc) is 3.87. The normalized spacial score (nSPS) is 24.1. The minimum atomic E-state index is -2.85. The number of methoxy groups -OCH3 is 1. The van der Waals surface area contributed by atoms with Crippen molar-refractivity contribution in [3.63, 3.8) is 0 Å². The SMILES string of the molecule is C=C[C@@H](C)[C@H](C)[C@@H](OCc1ccc(OC)cc1)[C@@H](O[Si](C)(C)C(C)(C)C)[C@H](C)C(=O)O[C@@H]1C[C@@H]([C@H]2OC(C)(C)O[C@H]2C=C)O[C@H]1[C@@H](O)C[C@@H](C)CO[Si](c1ccccc1)(c1ccccc1)C(C)(C)C. The summed E-state index contributed by atoms with van der Waals surface area (Å²) in [6, 6.07) is 28.9. The molecule has 0 aromatic heterocycles. The predicted molar refractivity (Wildman–Crippen MR) is 282 cm³/mol. The van der Waals surface area contributed by atoms with Crippen LogP contribution in [-0.2, 0) is 43.9 Å². The molecule has 12 atom stereocenters. The third-order valence-electron chi connectivity index (χ3n) is 15.0. The molecule has 5 rings (SSSR count). The first-order chi connectivity index (χ1) is 32.3. The molecule has 3 aromatic carbocycles. The minimum absolute atomic E-state index is 0.0430. The van der Waals surface area contributed by atoms with Crippen LogP contribution < -0.4 is 15.1 Å². The van der Waals surface area contributed by atoms with E-state index in [4.69, 9.17) is 37.3 Å². The maximum Gasteiger partial charge on any atom is 0.311 e. The summed E-state index contributed by atoms with van der Waals surface area (Å²) in [6.07, 6.45) is -1.13. The molecule has 0 bridgehead atoms. The molecule has 2 fully saturated rings. The number of benzene rings is 3. The molecule has 0 radical (unpaired) electrons. The highest BCUT2D eigenvalue weighted by Gasteiger charge is 2.54. The van der Waals surface area contributed by atoms with Crippen LogP contribution >= 0.6 is 0 Å². The van der Waals surface area contributed by atoms with E-state index < -0.39 is 83.1 Å². The molecule has 0 spiro atoms. The van der Waals surface area contributed by atoms with E-state index in [0.717, 1.165) is 11.3 Å². The maximum absolute atomic E-state index is 15.0. The Bertz CT molecular complexity index is 2040. The summed E-state index contributed by atoms with van der Waals surface area (Å²) in [4.78, 5) is 15.0. The summed E-state index contributed by atoms with van der Waals surface area (Å²) in [7, 11) is -3.72. The second-order valence-electron chi connectivity index (χ2n) is 22.7. The highest BCUT2D eigenvalue weighted by molar-refractivity contribution is 6.99. The Kier molecular flexibility index (Phi) is 19.2. The second-order valence-corrected chi connectivity index (χ2v) is 31.8. The number of aliphatic hydroxyl groups is 1. The van der Waals surface area contributed by atoms with E-state index in [1.54, 1.807) is 13.2 Å². The highest BCUT2D eigenvalue weighted by Crippen LogP contribution is 2.43. The van der Waals surface area contributed by atoms with Gasteiger partial charge < -0.3 is 42.4 Å². The molecule has 1 N–H and O–H groups in total. The quantitative estimate of drug-likeness (QED) is 0.0560. The van der Waals surface area contributed by atoms with E-state index in [0.29, 0.717) is 19.6 Å². The summed E-state index contributed by atoms with van der Waals surface area (Å²) in [6.45, 7) is 38.6. The van der Waals surface area contributed by atoms with Crippen LogP contribution in [0.2, 0.25) is 23.2 Å². The van der Waals surface area contributed by atoms with Crippen molar-refractivity contribution in [1.82, 2.24) is 0 Å². The molecule has 3 aromatic rings. The van der Waals surface area contributed by atoms with Gasteiger partial charge in [0, 0.05) is 13.0 Å². The smallest absolute Gasteiger partial charge is 0.311 e. The van der Waals surface area contributed by atoms with Crippen LogP contribution in [0.15, 0.2) is 110 Å². The Balaban J connectivity index is 1.45. The highest BCUT2D eigenvalue weighted by atomic mass is 28.4. The van der Waals surface area contributed by atoms with E-state index in [9.17, 15) is 5.11 Å². The third kappa shape index (κ3) is 13.6. The number of ether oxygens (including phenoxy) is 6. The Morgan fingerprint density at radius 2 is 1.43 bits per heavy atom. The molecule has 0 saturated carbocycles. The summed E-state index contributed by atoms with van der Waals surface area (Å²) in [5.74, 6) is -1.47. The van der Waals surface area contributed by atoms with Crippen LogP contribution in [0.4, 0.5) is 0 Å². The number of esters is 1. The zero-order chi connectivity index (χ0) is 51.1. The number of carbonyl (C=O) groups excluding carboxylic acids is 1. The van der Waals surface area contributed by atoms with Gasteiger partial charge in [0.25, 0.3) is 8.32 Å². The van der Waals surface area contributed by atoms with Gasteiger partial charge in [0.05, 0.1) is 44.1 Å². The summed E-state index contributed by atoms with van der Waals surface area (Å²) < 4.78 is 53.0. The second kappa shape index (κ2) is 23.4. The fourth-order valence-electron chi connectivity index (χ4n) is 9.64. The number of hydrogen-bond donors (Lipinski definition) is 1. The van der Waals surface area contributed by atoms with Crippen LogP contribution in [0.25, 0.3) is 0 Å². The lowest BCUT2D eigenvalue weighted by Crippen LogP contribution is -2.66. The minimum Gasteiger partial charge on any atom is -0.497 e. The standard InChI is InChI=1S/C57H86O10Si2/c1-18-39(4)40(5)50(61-37-42-30-32-43(60-15)33-31-42)51(67-68(16,17)55(7,8)9)41(6)54(59)64-48-35-49(53-47(19-2)65-57(13,14)66-53)63-52(48)46(58)34-38(3)36-62-69(56(10,11)12,44-26-22-20-23-27-44)45-28-24-21-25-29-45/h18-33,38-41,46-53,58H,1-2,34-37H2,3-17H3/t38-,39-,40+,41+,46+,47+,48-,49+,50-,51+,52+,53+/m1/s1. The molecule has 2 aliphatic heterocycles. The van der Waals surface area contributed by atoms with Crippen LogP contribution in [0.5, 0.6) is 5.75 Å². The van der Waals surface area contributed by atoms with Gasteiger partial charge in [0.2, 0.25) is 0 Å². The van der Waals surface area contributed by atoms with Crippen molar-refractivity contribution in [2.75, 3.05) is 13.7 Å². The molecule has 69 heavy (non-hydrogen) atoms. The number of rotatable bonds is 23. The maximum atomic E-state index is 15.0. The van der Waals surface area contributed by atoms with Gasteiger partial charge in [-0.25, -0.2) is 0 Å². The van der Waals surface area contributed by atoms with Crippen molar-refractivity contribution >= 4 is 33.0 Å². The van der Waals surface area contributed by atoms with Gasteiger partial charge in [-0.3, -0.25) is 4.79 Å². The van der Waals surface area contributed by atoms with Gasteiger partial charge in [-0.15, -0.1) is 13.2 Å². The zero-order valence-corrected chi connectivity index (χ0v) is 46.5. The van der Waals surface area contributed by atoms with Gasteiger partial charge in [-0.05, 0) is 96.2 Å². The van der Waals surface area contributed by atoms with Gasteiger partial charge >= 0.3 is 5.97 Å². The third-order valence-corrected chi connectivity index (χ3v) is 24.4. The zero-order valence-electron chi connectivity index (χ0n) is 44.5. The number of hydrogen-bond acceptors (Lipinski definition) is 10. The van der Waals surface area contributed by atoms with Crippen molar-refractivity contribution in [3.05, 3.63) is 116 Å². The molecular formula is C57H86O10Si2. The van der Waals surface area contributed by atoms with Crippen molar-refractivity contribution in [2.24, 2.45) is 23.7 Å². The fraction of sp³-hybridized carbons (Fsp3) is 0.596. The Morgan fingerprint density at radius 3 is 1.94 bits per heavy atom. The monoisotopic (exact) mass is 987 g/mol. The first kappa shape index (κ1) is 56.5. The predicted octanol–water partition coefficient (Wildman–Crippen LogP) is 10.8. The molecule has 0 aliphatic carbocycles. The first-order valence-electron chi connectivity index (χ1n) is 25.1. The van der Waals surface area contributed by atoms with Crippen molar-refractivity contribution < 1.29 is 47.2 Å². The number of carbonyl (C=O) groups is 1. The van der Waals surface area contributed by atoms with Crippen LogP contribution in [0.3, 0.4) is 0 Å². The number of aliphatic hydroxyl groups excluding tert-OH is 1. The molecule has 12 heteroatoms. The summed E-state index contributed by atoms with van der Waals surface area (Å²) >= 11 is 0. The number of allylic oxidation sites excluding steroid dienone is 1. The molecular weight excluding hydrogens is 901 g/mol. The molecule has 2 heterocycles. The van der Waals surface area contributed by atoms with E-state index >= 15 is 4.79 Å². The molecule has 2 aliphatic rings. The Morgan fingerprint density at radius 1 is 0.855 bits per heavy atom. The lowest BCUT2D eigenvalue weighted by atomic mass is 9.84. The first-order valence-corrected chi connectivity index (χ1v) is 29.9. The summed E-state index contributed by atoms with van der Waals surface area (Å²) in [5, 5.41) is 14.4. The Labute approximate surface area is 417 Å². The average molecular weight is 987 g/mol. The van der Waals surface area contributed by atoms with Crippen LogP contribution in [0, 0.1) is 23.7 Å². The van der Waals surface area contributed by atoms with Crippen LogP contribution in [-0.4, -0.2) is 96.0 Å². The van der Waals surface area contributed by atoms with Crippen LogP contribution in [0.1, 0.15) is 101 Å². The van der Waals surface area contributed by atoms with Gasteiger partial charge in [0.15, 0.2) is 14.1 Å². The lowest BCUT2D eigenvalue weighted by molar-refractivity contribution is -0.172. The van der Waals surface area contributed by atoms with E-state index in [1.807, 2.05) is 63.2 Å². The molecule has 0 unspecified atom stereocenters. The Hall–Kier alpha value is -3.44. The van der Waals surface area contributed by atoms with Gasteiger partial charge in [-0.1, -0.05) is 147 Å².